The largest absolute Gasteiger partial charge is 0.316 e. The number of nitrogens with zero attached hydrogens (tertiary/aromatic N) is 1. The van der Waals surface area contributed by atoms with Gasteiger partial charge in [-0.2, -0.15) is 0 Å². The third kappa shape index (κ3) is 2.34. The van der Waals surface area contributed by atoms with Crippen LogP contribution in [0.2, 0.25) is 0 Å². The molecule has 0 aromatic heterocycles. The molecule has 104 valence electrons. The molecular formula is C16H30N2. The average Bonchev–Trinajstić information content (AvgIpc) is 2.70. The van der Waals surface area contributed by atoms with Crippen LogP contribution in [0, 0.1) is 10.8 Å². The Morgan fingerprint density at radius 3 is 2.56 bits per heavy atom. The zero-order chi connectivity index (χ0) is 12.6. The van der Waals surface area contributed by atoms with Crippen LogP contribution in [-0.2, 0) is 0 Å². The van der Waals surface area contributed by atoms with Crippen LogP contribution in [0.4, 0.5) is 0 Å². The Hall–Kier alpha value is -0.0800. The molecular weight excluding hydrogens is 220 g/mol. The Morgan fingerprint density at radius 1 is 1.06 bits per heavy atom. The minimum atomic E-state index is 0.556. The molecule has 0 radical (unpaired) electrons. The van der Waals surface area contributed by atoms with Crippen molar-refractivity contribution in [2.45, 2.75) is 64.8 Å². The van der Waals surface area contributed by atoms with Crippen LogP contribution >= 0.6 is 0 Å². The molecule has 3 fully saturated rings. The number of hydrogen-bond donors (Lipinski definition) is 1. The van der Waals surface area contributed by atoms with Crippen LogP contribution in [0.1, 0.15) is 58.8 Å². The van der Waals surface area contributed by atoms with E-state index in [0.29, 0.717) is 10.8 Å². The summed E-state index contributed by atoms with van der Waals surface area (Å²) in [6, 6.07) is 0.858. The number of rotatable bonds is 1. The lowest BCUT2D eigenvalue weighted by molar-refractivity contribution is 0.00956. The summed E-state index contributed by atoms with van der Waals surface area (Å²) in [4.78, 5) is 2.86. The molecule has 0 bridgehead atoms. The van der Waals surface area contributed by atoms with Gasteiger partial charge in [-0.25, -0.2) is 0 Å². The van der Waals surface area contributed by atoms with Crippen molar-refractivity contribution in [1.82, 2.24) is 10.2 Å². The van der Waals surface area contributed by atoms with Crippen molar-refractivity contribution in [3.8, 4) is 0 Å². The summed E-state index contributed by atoms with van der Waals surface area (Å²) in [5.41, 5.74) is 1.18. The first kappa shape index (κ1) is 12.9. The van der Waals surface area contributed by atoms with Gasteiger partial charge in [-0.15, -0.1) is 0 Å². The van der Waals surface area contributed by atoms with E-state index in [1.165, 1.54) is 71.1 Å². The summed E-state index contributed by atoms with van der Waals surface area (Å²) >= 11 is 0. The monoisotopic (exact) mass is 250 g/mol. The van der Waals surface area contributed by atoms with E-state index in [4.69, 9.17) is 0 Å². The minimum Gasteiger partial charge on any atom is -0.316 e. The van der Waals surface area contributed by atoms with E-state index in [9.17, 15) is 0 Å². The predicted octanol–water partition coefficient (Wildman–Crippen LogP) is 3.03. The van der Waals surface area contributed by atoms with Crippen molar-refractivity contribution in [3.05, 3.63) is 0 Å². The van der Waals surface area contributed by atoms with Gasteiger partial charge in [0.05, 0.1) is 0 Å². The summed E-state index contributed by atoms with van der Waals surface area (Å²) in [6.45, 7) is 10.2. The Bertz CT molecular complexity index is 286. The van der Waals surface area contributed by atoms with Crippen LogP contribution in [0.3, 0.4) is 0 Å². The number of piperidine rings is 2. The normalized spacial score (nSPS) is 41.3. The molecule has 3 rings (SSSR count). The van der Waals surface area contributed by atoms with Crippen molar-refractivity contribution in [2.24, 2.45) is 10.8 Å². The van der Waals surface area contributed by atoms with Crippen molar-refractivity contribution in [2.75, 3.05) is 26.2 Å². The van der Waals surface area contributed by atoms with E-state index in [1.807, 2.05) is 0 Å². The van der Waals surface area contributed by atoms with Crippen molar-refractivity contribution in [3.63, 3.8) is 0 Å². The molecule has 0 amide bonds. The molecule has 0 aromatic carbocycles. The highest BCUT2D eigenvalue weighted by Gasteiger charge is 2.44. The quantitative estimate of drug-likeness (QED) is 0.769. The second-order valence-corrected chi connectivity index (χ2v) is 7.75. The van der Waals surface area contributed by atoms with E-state index < -0.39 is 0 Å². The molecule has 1 aliphatic carbocycles. The molecule has 0 aromatic rings. The molecule has 2 atom stereocenters. The number of hydrogen-bond acceptors (Lipinski definition) is 2. The van der Waals surface area contributed by atoms with Gasteiger partial charge in [0.15, 0.2) is 0 Å². The highest BCUT2D eigenvalue weighted by molar-refractivity contribution is 4.98. The first-order chi connectivity index (χ1) is 8.61. The zero-order valence-corrected chi connectivity index (χ0v) is 12.3. The molecule has 2 aliphatic heterocycles. The third-order valence-electron chi connectivity index (χ3n) is 5.89. The Labute approximate surface area is 113 Å². The molecule has 2 heterocycles. The van der Waals surface area contributed by atoms with Crippen molar-refractivity contribution >= 4 is 0 Å². The summed E-state index contributed by atoms with van der Waals surface area (Å²) in [7, 11) is 0. The smallest absolute Gasteiger partial charge is 0.0147 e. The highest BCUT2D eigenvalue weighted by Crippen LogP contribution is 2.44. The zero-order valence-electron chi connectivity index (χ0n) is 12.3. The summed E-state index contributed by atoms with van der Waals surface area (Å²) in [5.74, 6) is 0. The van der Waals surface area contributed by atoms with Gasteiger partial charge in [-0.3, -0.25) is 4.90 Å². The molecule has 1 spiro atoms. The molecule has 1 saturated carbocycles. The lowest BCUT2D eigenvalue weighted by Crippen LogP contribution is -2.55. The van der Waals surface area contributed by atoms with E-state index in [-0.39, 0.29) is 0 Å². The first-order valence-corrected chi connectivity index (χ1v) is 8.06. The number of likely N-dealkylation sites (tertiary alicyclic amines) is 1. The summed E-state index contributed by atoms with van der Waals surface area (Å²) < 4.78 is 0. The number of nitrogens with one attached hydrogen (secondary N) is 1. The van der Waals surface area contributed by atoms with Crippen LogP contribution < -0.4 is 5.32 Å². The fourth-order valence-corrected chi connectivity index (χ4v) is 4.88. The van der Waals surface area contributed by atoms with E-state index in [0.717, 1.165) is 6.04 Å². The lowest BCUT2D eigenvalue weighted by atomic mass is 9.73. The molecule has 1 N–H and O–H groups in total. The topological polar surface area (TPSA) is 15.3 Å². The Balaban J connectivity index is 1.70. The van der Waals surface area contributed by atoms with Gasteiger partial charge in [-0.1, -0.05) is 20.3 Å². The third-order valence-corrected chi connectivity index (χ3v) is 5.89. The van der Waals surface area contributed by atoms with Gasteiger partial charge in [-0.05, 0) is 62.4 Å². The fourth-order valence-electron chi connectivity index (χ4n) is 4.88. The maximum absolute atomic E-state index is 3.65. The second kappa shape index (κ2) is 4.79. The van der Waals surface area contributed by atoms with Gasteiger partial charge in [0, 0.05) is 19.1 Å². The minimum absolute atomic E-state index is 0.556. The molecule has 2 heteroatoms. The van der Waals surface area contributed by atoms with Gasteiger partial charge >= 0.3 is 0 Å². The second-order valence-electron chi connectivity index (χ2n) is 7.75. The fraction of sp³-hybridized carbons (Fsp3) is 1.00. The standard InChI is InChI=1S/C16H30N2/c1-15(2)7-3-6-14(15)18-11-5-9-16(13-18)8-4-10-17-12-16/h14,17H,3-13H2,1-2H3. The molecule has 18 heavy (non-hydrogen) atoms. The van der Waals surface area contributed by atoms with E-state index in [1.54, 1.807) is 0 Å². The van der Waals surface area contributed by atoms with Crippen LogP contribution in [0.25, 0.3) is 0 Å². The highest BCUT2D eigenvalue weighted by atomic mass is 15.2. The van der Waals surface area contributed by atoms with Gasteiger partial charge in [0.1, 0.15) is 0 Å². The Kier molecular flexibility index (Phi) is 3.44. The predicted molar refractivity (Wildman–Crippen MR) is 76.8 cm³/mol. The molecule has 2 saturated heterocycles. The Morgan fingerprint density at radius 2 is 1.89 bits per heavy atom. The van der Waals surface area contributed by atoms with Gasteiger partial charge in [0.25, 0.3) is 0 Å². The van der Waals surface area contributed by atoms with Crippen LogP contribution in [0.15, 0.2) is 0 Å². The van der Waals surface area contributed by atoms with Crippen LogP contribution in [0.5, 0.6) is 0 Å². The summed E-state index contributed by atoms with van der Waals surface area (Å²) in [5, 5.41) is 3.65. The van der Waals surface area contributed by atoms with Gasteiger partial charge in [0.2, 0.25) is 0 Å². The molecule has 2 unspecified atom stereocenters. The van der Waals surface area contributed by atoms with Crippen molar-refractivity contribution in [1.29, 1.82) is 0 Å². The van der Waals surface area contributed by atoms with Crippen LogP contribution in [-0.4, -0.2) is 37.1 Å². The average molecular weight is 250 g/mol. The van der Waals surface area contributed by atoms with Gasteiger partial charge < -0.3 is 5.32 Å². The van der Waals surface area contributed by atoms with E-state index >= 15 is 0 Å². The first-order valence-electron chi connectivity index (χ1n) is 8.06. The SMILES string of the molecule is CC1(C)CCCC1N1CCCC2(CCCNC2)C1. The molecule has 3 aliphatic rings. The lowest BCUT2D eigenvalue weighted by Gasteiger charge is -2.49. The maximum atomic E-state index is 3.65. The maximum Gasteiger partial charge on any atom is 0.0147 e. The molecule has 2 nitrogen and oxygen atoms in total. The summed E-state index contributed by atoms with van der Waals surface area (Å²) in [6.07, 6.45) is 10.1. The van der Waals surface area contributed by atoms with Crippen molar-refractivity contribution < 1.29 is 0 Å². The van der Waals surface area contributed by atoms with E-state index in [2.05, 4.69) is 24.1 Å².